The molecule has 0 aliphatic heterocycles. The van der Waals surface area contributed by atoms with Gasteiger partial charge in [-0.2, -0.15) is 0 Å². The van der Waals surface area contributed by atoms with Crippen LogP contribution in [0, 0.1) is 0 Å². The molecule has 1 rings (SSSR count). The molecular formula is C11H16O2. The predicted octanol–water partition coefficient (Wildman–Crippen LogP) is 2.79. The van der Waals surface area contributed by atoms with E-state index in [4.69, 9.17) is 9.47 Å². The van der Waals surface area contributed by atoms with Gasteiger partial charge in [-0.25, -0.2) is 0 Å². The Balaban J connectivity index is 2.93. The fraction of sp³-hybridized carbons (Fsp3) is 0.455. The van der Waals surface area contributed by atoms with E-state index in [0.717, 1.165) is 17.9 Å². The Hall–Kier alpha value is -1.18. The van der Waals surface area contributed by atoms with E-state index < -0.39 is 0 Å². The summed E-state index contributed by atoms with van der Waals surface area (Å²) in [6.07, 6.45) is 4.86. The average molecular weight is 180 g/mol. The van der Waals surface area contributed by atoms with Crippen LogP contribution in [-0.2, 0) is 9.47 Å². The van der Waals surface area contributed by atoms with Crippen molar-refractivity contribution in [2.45, 2.75) is 20.3 Å². The number of ether oxygens (including phenoxy) is 2. The number of rotatable bonds is 2. The van der Waals surface area contributed by atoms with E-state index in [9.17, 15) is 0 Å². The molecule has 0 spiro atoms. The third-order valence-electron chi connectivity index (χ3n) is 2.17. The molecule has 0 heterocycles. The van der Waals surface area contributed by atoms with Crippen LogP contribution >= 0.6 is 0 Å². The summed E-state index contributed by atoms with van der Waals surface area (Å²) in [5, 5.41) is 0. The molecule has 0 bridgehead atoms. The summed E-state index contributed by atoms with van der Waals surface area (Å²) in [4.78, 5) is 0. The monoisotopic (exact) mass is 180 g/mol. The quantitative estimate of drug-likeness (QED) is 0.650. The topological polar surface area (TPSA) is 18.5 Å². The molecule has 0 saturated heterocycles. The van der Waals surface area contributed by atoms with Crippen LogP contribution in [0.25, 0.3) is 0 Å². The lowest BCUT2D eigenvalue weighted by Gasteiger charge is -2.16. The van der Waals surface area contributed by atoms with Gasteiger partial charge in [-0.15, -0.1) is 0 Å². The molecule has 0 amide bonds. The summed E-state index contributed by atoms with van der Waals surface area (Å²) < 4.78 is 10.4. The second-order valence-corrected chi connectivity index (χ2v) is 3.23. The minimum Gasteiger partial charge on any atom is -0.497 e. The van der Waals surface area contributed by atoms with Crippen molar-refractivity contribution in [1.82, 2.24) is 0 Å². The Morgan fingerprint density at radius 3 is 2.31 bits per heavy atom. The van der Waals surface area contributed by atoms with Gasteiger partial charge in [0.1, 0.15) is 5.76 Å². The van der Waals surface area contributed by atoms with Crippen molar-refractivity contribution in [1.29, 1.82) is 0 Å². The molecule has 0 aromatic carbocycles. The summed E-state index contributed by atoms with van der Waals surface area (Å²) in [7, 11) is 3.34. The predicted molar refractivity (Wildman–Crippen MR) is 53.2 cm³/mol. The largest absolute Gasteiger partial charge is 0.497 e. The summed E-state index contributed by atoms with van der Waals surface area (Å²) in [6, 6.07) is 0. The molecule has 1 aliphatic rings. The number of hydrogen-bond acceptors (Lipinski definition) is 2. The SMILES string of the molecule is COC1=C(OC)CC(=C(C)C)C=C1. The van der Waals surface area contributed by atoms with Crippen molar-refractivity contribution in [2.24, 2.45) is 0 Å². The molecule has 1 aliphatic carbocycles. The first-order valence-electron chi connectivity index (χ1n) is 4.34. The number of hydrogen-bond donors (Lipinski definition) is 0. The van der Waals surface area contributed by atoms with E-state index in [1.165, 1.54) is 11.1 Å². The van der Waals surface area contributed by atoms with Gasteiger partial charge in [0.25, 0.3) is 0 Å². The van der Waals surface area contributed by atoms with Gasteiger partial charge in [0, 0.05) is 6.42 Å². The Morgan fingerprint density at radius 2 is 1.85 bits per heavy atom. The van der Waals surface area contributed by atoms with Crippen LogP contribution in [0.5, 0.6) is 0 Å². The molecule has 0 fully saturated rings. The van der Waals surface area contributed by atoms with E-state index in [1.807, 2.05) is 6.08 Å². The Kier molecular flexibility index (Phi) is 3.18. The molecule has 13 heavy (non-hydrogen) atoms. The van der Waals surface area contributed by atoms with Crippen LogP contribution in [-0.4, -0.2) is 14.2 Å². The number of methoxy groups -OCH3 is 2. The first-order chi connectivity index (χ1) is 6.19. The van der Waals surface area contributed by atoms with Crippen LogP contribution in [0.15, 0.2) is 34.8 Å². The van der Waals surface area contributed by atoms with Crippen LogP contribution in [0.3, 0.4) is 0 Å². The second-order valence-electron chi connectivity index (χ2n) is 3.23. The summed E-state index contributed by atoms with van der Waals surface area (Å²) in [5.74, 6) is 1.73. The lowest BCUT2D eigenvalue weighted by atomic mass is 10.0. The molecule has 72 valence electrons. The molecule has 0 saturated carbocycles. The zero-order valence-electron chi connectivity index (χ0n) is 8.68. The van der Waals surface area contributed by atoms with Crippen molar-refractivity contribution in [2.75, 3.05) is 14.2 Å². The van der Waals surface area contributed by atoms with Gasteiger partial charge < -0.3 is 9.47 Å². The highest BCUT2D eigenvalue weighted by Gasteiger charge is 2.12. The van der Waals surface area contributed by atoms with Gasteiger partial charge in [0.2, 0.25) is 0 Å². The Bertz CT molecular complexity index is 278. The normalized spacial score (nSPS) is 16.2. The van der Waals surface area contributed by atoms with Crippen molar-refractivity contribution in [3.05, 3.63) is 34.8 Å². The second kappa shape index (κ2) is 4.17. The molecule has 0 atom stereocenters. The zero-order valence-corrected chi connectivity index (χ0v) is 8.68. The van der Waals surface area contributed by atoms with Crippen LogP contribution in [0.4, 0.5) is 0 Å². The molecule has 2 nitrogen and oxygen atoms in total. The molecule has 0 unspecified atom stereocenters. The van der Waals surface area contributed by atoms with Crippen molar-refractivity contribution < 1.29 is 9.47 Å². The van der Waals surface area contributed by atoms with Crippen molar-refractivity contribution in [3.63, 3.8) is 0 Å². The molecular weight excluding hydrogens is 164 g/mol. The first-order valence-corrected chi connectivity index (χ1v) is 4.34. The van der Waals surface area contributed by atoms with E-state index in [-0.39, 0.29) is 0 Å². The smallest absolute Gasteiger partial charge is 0.156 e. The van der Waals surface area contributed by atoms with Gasteiger partial charge in [0.15, 0.2) is 5.76 Å². The fourth-order valence-electron chi connectivity index (χ4n) is 1.29. The minimum atomic E-state index is 0.826. The molecule has 0 aromatic rings. The van der Waals surface area contributed by atoms with E-state index in [1.54, 1.807) is 14.2 Å². The van der Waals surface area contributed by atoms with Crippen molar-refractivity contribution in [3.8, 4) is 0 Å². The maximum absolute atomic E-state index is 5.24. The van der Waals surface area contributed by atoms with Gasteiger partial charge in [0.05, 0.1) is 14.2 Å². The molecule has 0 radical (unpaired) electrons. The highest BCUT2D eigenvalue weighted by molar-refractivity contribution is 5.37. The van der Waals surface area contributed by atoms with Gasteiger partial charge in [-0.05, 0) is 25.5 Å². The maximum Gasteiger partial charge on any atom is 0.156 e. The van der Waals surface area contributed by atoms with Gasteiger partial charge in [-0.3, -0.25) is 0 Å². The van der Waals surface area contributed by atoms with E-state index in [2.05, 4.69) is 19.9 Å². The molecule has 0 N–H and O–H groups in total. The zero-order chi connectivity index (χ0) is 9.84. The lowest BCUT2D eigenvalue weighted by Crippen LogP contribution is -2.01. The summed E-state index contributed by atoms with van der Waals surface area (Å²) >= 11 is 0. The first kappa shape index (κ1) is 9.90. The third kappa shape index (κ3) is 2.14. The Morgan fingerprint density at radius 1 is 1.15 bits per heavy atom. The fourth-order valence-corrected chi connectivity index (χ4v) is 1.29. The van der Waals surface area contributed by atoms with Crippen LogP contribution in [0.2, 0.25) is 0 Å². The standard InChI is InChI=1S/C11H16O2/c1-8(2)9-5-6-10(12-3)11(7-9)13-4/h5-6H,7H2,1-4H3. The van der Waals surface area contributed by atoms with Gasteiger partial charge in [-0.1, -0.05) is 11.6 Å². The average Bonchev–Trinajstić information content (AvgIpc) is 2.16. The Labute approximate surface area is 79.5 Å². The minimum absolute atomic E-state index is 0.826. The van der Waals surface area contributed by atoms with Crippen molar-refractivity contribution >= 4 is 0 Å². The lowest BCUT2D eigenvalue weighted by molar-refractivity contribution is 0.223. The molecule has 2 heteroatoms. The number of allylic oxidation sites excluding steroid dienone is 4. The molecule has 0 aromatic heterocycles. The highest BCUT2D eigenvalue weighted by atomic mass is 16.5. The van der Waals surface area contributed by atoms with Crippen LogP contribution in [0.1, 0.15) is 20.3 Å². The van der Waals surface area contributed by atoms with E-state index >= 15 is 0 Å². The van der Waals surface area contributed by atoms with Crippen LogP contribution < -0.4 is 0 Å². The van der Waals surface area contributed by atoms with Gasteiger partial charge >= 0.3 is 0 Å². The summed E-state index contributed by atoms with van der Waals surface area (Å²) in [6.45, 7) is 4.20. The highest BCUT2D eigenvalue weighted by Crippen LogP contribution is 2.25. The summed E-state index contributed by atoms with van der Waals surface area (Å²) in [5.41, 5.74) is 2.62. The third-order valence-corrected chi connectivity index (χ3v) is 2.17. The van der Waals surface area contributed by atoms with E-state index in [0.29, 0.717) is 0 Å². The maximum atomic E-state index is 5.24.